The molecule has 2 rings (SSSR count). The number of anilines is 1. The minimum absolute atomic E-state index is 0.144. The predicted molar refractivity (Wildman–Crippen MR) is 79.6 cm³/mol. The fourth-order valence-corrected chi connectivity index (χ4v) is 2.60. The van der Waals surface area contributed by atoms with Crippen LogP contribution in [0, 0.1) is 5.92 Å². The van der Waals surface area contributed by atoms with E-state index >= 15 is 0 Å². The Labute approximate surface area is 123 Å². The molecule has 0 spiro atoms. The molecule has 6 heteroatoms. The summed E-state index contributed by atoms with van der Waals surface area (Å²) in [5.41, 5.74) is 6.55. The molecule has 1 aromatic rings. The number of hydrogen-bond acceptors (Lipinski definition) is 3. The number of nitrogens with two attached hydrogens (primary N) is 1. The van der Waals surface area contributed by atoms with Crippen molar-refractivity contribution in [1.82, 2.24) is 4.90 Å². The first kappa shape index (κ1) is 15.3. The lowest BCUT2D eigenvalue weighted by atomic mass is 9.97. The van der Waals surface area contributed by atoms with E-state index in [-0.39, 0.29) is 11.8 Å². The van der Waals surface area contributed by atoms with Gasteiger partial charge in [-0.25, -0.2) is 4.79 Å². The molecule has 2 atom stereocenters. The Morgan fingerprint density at radius 1 is 1.43 bits per heavy atom. The molecule has 1 heterocycles. The summed E-state index contributed by atoms with van der Waals surface area (Å²) in [5, 5.41) is 12.6. The largest absolute Gasteiger partial charge is 0.389 e. The molecule has 1 aromatic carbocycles. The van der Waals surface area contributed by atoms with Gasteiger partial charge in [-0.3, -0.25) is 4.79 Å². The predicted octanol–water partition coefficient (Wildman–Crippen LogP) is 1.47. The SMILES string of the molecule is CC(O)c1ccccc1NC(=O)C1CCCN(C(N)=O)C1. The van der Waals surface area contributed by atoms with Crippen molar-refractivity contribution in [1.29, 1.82) is 0 Å². The van der Waals surface area contributed by atoms with Crippen LogP contribution in [0.1, 0.15) is 31.4 Å². The summed E-state index contributed by atoms with van der Waals surface area (Å²) in [7, 11) is 0. The van der Waals surface area contributed by atoms with Crippen LogP contribution in [0.15, 0.2) is 24.3 Å². The average Bonchev–Trinajstić information content (AvgIpc) is 2.47. The lowest BCUT2D eigenvalue weighted by molar-refractivity contribution is -0.121. The zero-order valence-electron chi connectivity index (χ0n) is 12.1. The van der Waals surface area contributed by atoms with Gasteiger partial charge in [0, 0.05) is 24.3 Å². The summed E-state index contributed by atoms with van der Waals surface area (Å²) in [6.07, 6.45) is 0.834. The van der Waals surface area contributed by atoms with Crippen molar-refractivity contribution in [2.45, 2.75) is 25.9 Å². The molecular weight excluding hydrogens is 270 g/mol. The summed E-state index contributed by atoms with van der Waals surface area (Å²) in [6.45, 7) is 2.60. The highest BCUT2D eigenvalue weighted by Gasteiger charge is 2.27. The number of para-hydroxylation sites is 1. The van der Waals surface area contributed by atoms with Crippen LogP contribution in [0.4, 0.5) is 10.5 Å². The van der Waals surface area contributed by atoms with Crippen LogP contribution in [0.25, 0.3) is 0 Å². The first-order valence-corrected chi connectivity index (χ1v) is 7.11. The van der Waals surface area contributed by atoms with Gasteiger partial charge in [-0.05, 0) is 25.8 Å². The monoisotopic (exact) mass is 291 g/mol. The van der Waals surface area contributed by atoms with Crippen molar-refractivity contribution in [3.8, 4) is 0 Å². The minimum Gasteiger partial charge on any atom is -0.389 e. The second-order valence-electron chi connectivity index (χ2n) is 5.38. The molecule has 6 nitrogen and oxygen atoms in total. The zero-order chi connectivity index (χ0) is 15.4. The van der Waals surface area contributed by atoms with Crippen molar-refractivity contribution in [2.24, 2.45) is 11.7 Å². The number of hydrogen-bond donors (Lipinski definition) is 3. The summed E-state index contributed by atoms with van der Waals surface area (Å²) in [6, 6.07) is 6.66. The Kier molecular flexibility index (Phi) is 4.80. The van der Waals surface area contributed by atoms with Crippen molar-refractivity contribution < 1.29 is 14.7 Å². The number of aliphatic hydroxyl groups excluding tert-OH is 1. The molecule has 0 aliphatic carbocycles. The number of nitrogens with zero attached hydrogens (tertiary/aromatic N) is 1. The van der Waals surface area contributed by atoms with Crippen molar-refractivity contribution in [2.75, 3.05) is 18.4 Å². The molecule has 1 aliphatic heterocycles. The van der Waals surface area contributed by atoms with Crippen LogP contribution < -0.4 is 11.1 Å². The van der Waals surface area contributed by atoms with Gasteiger partial charge in [0.25, 0.3) is 0 Å². The van der Waals surface area contributed by atoms with E-state index in [1.54, 1.807) is 25.1 Å². The zero-order valence-corrected chi connectivity index (χ0v) is 12.1. The molecule has 1 aliphatic rings. The molecule has 114 valence electrons. The summed E-state index contributed by atoms with van der Waals surface area (Å²) < 4.78 is 0. The van der Waals surface area contributed by atoms with Gasteiger partial charge >= 0.3 is 6.03 Å². The normalized spacial score (nSPS) is 19.9. The Morgan fingerprint density at radius 2 is 2.14 bits per heavy atom. The molecule has 21 heavy (non-hydrogen) atoms. The third-order valence-corrected chi connectivity index (χ3v) is 3.77. The topological polar surface area (TPSA) is 95.7 Å². The minimum atomic E-state index is -0.657. The van der Waals surface area contributed by atoms with Crippen molar-refractivity contribution >= 4 is 17.6 Å². The van der Waals surface area contributed by atoms with Gasteiger partial charge in [0.15, 0.2) is 0 Å². The van der Waals surface area contributed by atoms with E-state index in [1.807, 2.05) is 6.07 Å². The second kappa shape index (κ2) is 6.58. The Morgan fingerprint density at radius 3 is 2.81 bits per heavy atom. The first-order valence-electron chi connectivity index (χ1n) is 7.11. The van der Waals surface area contributed by atoms with E-state index in [1.165, 1.54) is 4.90 Å². The third kappa shape index (κ3) is 3.72. The van der Waals surface area contributed by atoms with E-state index in [0.717, 1.165) is 12.8 Å². The quantitative estimate of drug-likeness (QED) is 0.787. The first-order chi connectivity index (χ1) is 9.99. The van der Waals surface area contributed by atoms with Gasteiger partial charge < -0.3 is 21.1 Å². The Bertz CT molecular complexity index is 531. The van der Waals surface area contributed by atoms with Gasteiger partial charge in [-0.2, -0.15) is 0 Å². The fraction of sp³-hybridized carbons (Fsp3) is 0.467. The van der Waals surface area contributed by atoms with Crippen LogP contribution >= 0.6 is 0 Å². The number of aliphatic hydroxyl groups is 1. The number of carbonyl (C=O) groups excluding carboxylic acids is 2. The van der Waals surface area contributed by atoms with E-state index in [9.17, 15) is 14.7 Å². The Hall–Kier alpha value is -2.08. The smallest absolute Gasteiger partial charge is 0.314 e. The molecule has 3 amide bonds. The molecule has 1 saturated heterocycles. The van der Waals surface area contributed by atoms with Gasteiger partial charge in [-0.1, -0.05) is 18.2 Å². The summed E-state index contributed by atoms with van der Waals surface area (Å²) in [4.78, 5) is 25.0. The number of amides is 3. The highest BCUT2D eigenvalue weighted by atomic mass is 16.3. The van der Waals surface area contributed by atoms with Crippen LogP contribution in [-0.2, 0) is 4.79 Å². The maximum Gasteiger partial charge on any atom is 0.314 e. The summed E-state index contributed by atoms with van der Waals surface area (Å²) >= 11 is 0. The van der Waals surface area contributed by atoms with Crippen LogP contribution in [0.3, 0.4) is 0 Å². The van der Waals surface area contributed by atoms with Crippen LogP contribution in [0.5, 0.6) is 0 Å². The standard InChI is InChI=1S/C15H21N3O3/c1-10(19)12-6-2-3-7-13(12)17-14(20)11-5-4-8-18(9-11)15(16)21/h2-3,6-7,10-11,19H,4-5,8-9H2,1H3,(H2,16,21)(H,17,20). The highest BCUT2D eigenvalue weighted by Crippen LogP contribution is 2.24. The number of likely N-dealkylation sites (tertiary alicyclic amines) is 1. The van der Waals surface area contributed by atoms with Gasteiger partial charge in [0.2, 0.25) is 5.91 Å². The number of nitrogens with one attached hydrogen (secondary N) is 1. The highest BCUT2D eigenvalue weighted by molar-refractivity contribution is 5.93. The van der Waals surface area contributed by atoms with Crippen molar-refractivity contribution in [3.63, 3.8) is 0 Å². The molecule has 0 saturated carbocycles. The fourth-order valence-electron chi connectivity index (χ4n) is 2.60. The second-order valence-corrected chi connectivity index (χ2v) is 5.38. The van der Waals surface area contributed by atoms with E-state index in [2.05, 4.69) is 5.32 Å². The lowest BCUT2D eigenvalue weighted by Gasteiger charge is -2.30. The number of primary amides is 1. The van der Waals surface area contributed by atoms with Gasteiger partial charge in [0.05, 0.1) is 12.0 Å². The van der Waals surface area contributed by atoms with Crippen LogP contribution in [0.2, 0.25) is 0 Å². The maximum absolute atomic E-state index is 12.3. The molecule has 4 N–H and O–H groups in total. The maximum atomic E-state index is 12.3. The number of urea groups is 1. The third-order valence-electron chi connectivity index (χ3n) is 3.77. The molecule has 0 radical (unpaired) electrons. The molecule has 0 aromatic heterocycles. The Balaban J connectivity index is 2.06. The molecule has 2 unspecified atom stereocenters. The van der Waals surface area contributed by atoms with Crippen molar-refractivity contribution in [3.05, 3.63) is 29.8 Å². The number of benzene rings is 1. The van der Waals surface area contributed by atoms with Gasteiger partial charge in [-0.15, -0.1) is 0 Å². The number of rotatable bonds is 3. The lowest BCUT2D eigenvalue weighted by Crippen LogP contribution is -2.46. The van der Waals surface area contributed by atoms with E-state index < -0.39 is 12.1 Å². The molecule has 1 fully saturated rings. The number of carbonyl (C=O) groups is 2. The van der Waals surface area contributed by atoms with Gasteiger partial charge in [0.1, 0.15) is 0 Å². The summed E-state index contributed by atoms with van der Waals surface area (Å²) in [5.74, 6) is -0.414. The van der Waals surface area contributed by atoms with Crippen LogP contribution in [-0.4, -0.2) is 35.0 Å². The number of piperidine rings is 1. The average molecular weight is 291 g/mol. The molecule has 0 bridgehead atoms. The molecular formula is C15H21N3O3. The van der Waals surface area contributed by atoms with E-state index in [4.69, 9.17) is 5.73 Å². The van der Waals surface area contributed by atoms with E-state index in [0.29, 0.717) is 24.3 Å².